The summed E-state index contributed by atoms with van der Waals surface area (Å²) in [6, 6.07) is 13.6. The summed E-state index contributed by atoms with van der Waals surface area (Å²) in [5.74, 6) is 1.22. The number of rotatable bonds is 12. The van der Waals surface area contributed by atoms with E-state index < -0.39 is 0 Å². The molecule has 0 unspecified atom stereocenters. The van der Waals surface area contributed by atoms with Crippen LogP contribution in [0.4, 0.5) is 0 Å². The van der Waals surface area contributed by atoms with E-state index >= 15 is 0 Å². The van der Waals surface area contributed by atoms with Crippen LogP contribution < -0.4 is 0 Å². The zero-order valence-electron chi connectivity index (χ0n) is 19.7. The van der Waals surface area contributed by atoms with Gasteiger partial charge in [0.25, 0.3) is 0 Å². The number of amides is 2. The lowest BCUT2D eigenvalue weighted by Gasteiger charge is -2.29. The molecule has 33 heavy (non-hydrogen) atoms. The number of methoxy groups -OCH3 is 1. The summed E-state index contributed by atoms with van der Waals surface area (Å²) in [6.45, 7) is 7.30. The number of nitrogens with zero attached hydrogens (tertiary/aromatic N) is 3. The number of carbonyl (C=O) groups excluding carboxylic acids is 2. The van der Waals surface area contributed by atoms with Gasteiger partial charge in [-0.05, 0) is 31.0 Å². The van der Waals surface area contributed by atoms with Gasteiger partial charge in [-0.2, -0.15) is 0 Å². The summed E-state index contributed by atoms with van der Waals surface area (Å²) in [5, 5.41) is 0. The molecule has 0 saturated carbocycles. The molecule has 1 aromatic heterocycles. The van der Waals surface area contributed by atoms with E-state index in [1.165, 1.54) is 7.11 Å². The predicted octanol–water partition coefficient (Wildman–Crippen LogP) is 2.31. The maximum absolute atomic E-state index is 13.4. The lowest BCUT2D eigenvalue weighted by molar-refractivity contribution is -0.143. The van der Waals surface area contributed by atoms with Crippen molar-refractivity contribution in [3.63, 3.8) is 0 Å². The van der Waals surface area contributed by atoms with Crippen LogP contribution in [0.2, 0.25) is 0 Å². The van der Waals surface area contributed by atoms with Gasteiger partial charge in [0.05, 0.1) is 26.3 Å². The minimum absolute atomic E-state index is 0.0117. The zero-order valence-corrected chi connectivity index (χ0v) is 19.7. The van der Waals surface area contributed by atoms with Crippen molar-refractivity contribution in [3.8, 4) is 0 Å². The molecule has 2 amide bonds. The van der Waals surface area contributed by atoms with Crippen molar-refractivity contribution in [1.29, 1.82) is 0 Å². The van der Waals surface area contributed by atoms with Crippen molar-refractivity contribution in [3.05, 3.63) is 59.5 Å². The minimum atomic E-state index is -0.179. The Hall–Kier alpha value is -2.68. The second kappa shape index (κ2) is 13.1. The molecule has 3 rings (SSSR count). The van der Waals surface area contributed by atoms with Gasteiger partial charge in [-0.15, -0.1) is 0 Å². The van der Waals surface area contributed by atoms with E-state index in [0.29, 0.717) is 19.6 Å². The van der Waals surface area contributed by atoms with Gasteiger partial charge in [0.15, 0.2) is 0 Å². The van der Waals surface area contributed by atoms with E-state index in [1.807, 2.05) is 49.4 Å². The molecule has 180 valence electrons. The molecule has 0 aliphatic carbocycles. The third-order valence-corrected chi connectivity index (χ3v) is 5.66. The van der Waals surface area contributed by atoms with Crippen LogP contribution in [-0.4, -0.2) is 86.2 Å². The van der Waals surface area contributed by atoms with E-state index in [4.69, 9.17) is 13.9 Å². The van der Waals surface area contributed by atoms with Crippen LogP contribution >= 0.6 is 0 Å². The first-order chi connectivity index (χ1) is 16.0. The van der Waals surface area contributed by atoms with Crippen molar-refractivity contribution < 1.29 is 23.5 Å². The van der Waals surface area contributed by atoms with Crippen LogP contribution in [0.3, 0.4) is 0 Å². The normalized spacial score (nSPS) is 14.2. The molecule has 2 aromatic rings. The minimum Gasteiger partial charge on any atom is -0.464 e. The highest BCUT2D eigenvalue weighted by atomic mass is 16.5. The first-order valence-corrected chi connectivity index (χ1v) is 11.5. The lowest BCUT2D eigenvalue weighted by atomic mass is 10.2. The van der Waals surface area contributed by atoms with E-state index in [2.05, 4.69) is 4.90 Å². The molecule has 2 heterocycles. The number of ether oxygens (including phenoxy) is 2. The van der Waals surface area contributed by atoms with Crippen molar-refractivity contribution in [2.45, 2.75) is 26.4 Å². The van der Waals surface area contributed by atoms with E-state index in [9.17, 15) is 9.59 Å². The smallest absolute Gasteiger partial charge is 0.249 e. The predicted molar refractivity (Wildman–Crippen MR) is 124 cm³/mol. The Morgan fingerprint density at radius 3 is 2.42 bits per heavy atom. The number of aryl methyl sites for hydroxylation is 1. The molecule has 0 N–H and O–H groups in total. The number of hydrogen-bond donors (Lipinski definition) is 0. The van der Waals surface area contributed by atoms with Crippen LogP contribution in [0.5, 0.6) is 0 Å². The van der Waals surface area contributed by atoms with Crippen molar-refractivity contribution in [2.75, 3.05) is 59.7 Å². The Morgan fingerprint density at radius 1 is 1.00 bits per heavy atom. The number of hydrogen-bond acceptors (Lipinski definition) is 6. The zero-order chi connectivity index (χ0) is 23.5. The maximum Gasteiger partial charge on any atom is 0.249 e. The molecular weight excluding hydrogens is 422 g/mol. The SMILES string of the molecule is COCC(=O)N(CCCN1CCOCC1)CC(=O)N(Cc1ccccc1)Cc1ccc(C)o1. The molecule has 1 aromatic carbocycles. The van der Waals surface area contributed by atoms with E-state index in [0.717, 1.165) is 56.4 Å². The highest BCUT2D eigenvalue weighted by molar-refractivity contribution is 5.85. The summed E-state index contributed by atoms with van der Waals surface area (Å²) in [7, 11) is 1.49. The molecule has 0 atom stereocenters. The third-order valence-electron chi connectivity index (χ3n) is 5.66. The molecule has 1 aliphatic rings. The van der Waals surface area contributed by atoms with Crippen molar-refractivity contribution in [1.82, 2.24) is 14.7 Å². The van der Waals surface area contributed by atoms with Crippen LogP contribution in [-0.2, 0) is 32.2 Å². The quantitative estimate of drug-likeness (QED) is 0.487. The molecule has 1 saturated heterocycles. The van der Waals surface area contributed by atoms with Gasteiger partial charge in [0.1, 0.15) is 18.1 Å². The Morgan fingerprint density at radius 2 is 1.76 bits per heavy atom. The Balaban J connectivity index is 1.65. The standard InChI is InChI=1S/C25H35N3O5/c1-21-9-10-23(33-21)18-28(17-22-7-4-3-5-8-22)24(29)19-27(25(30)20-31-2)12-6-11-26-13-15-32-16-14-26/h3-5,7-10H,6,11-20H2,1-2H3. The largest absolute Gasteiger partial charge is 0.464 e. The van der Waals surface area contributed by atoms with Gasteiger partial charge in [-0.3, -0.25) is 14.5 Å². The van der Waals surface area contributed by atoms with Crippen molar-refractivity contribution in [2.24, 2.45) is 0 Å². The van der Waals surface area contributed by atoms with Gasteiger partial charge in [0, 0.05) is 39.8 Å². The summed E-state index contributed by atoms with van der Waals surface area (Å²) in [5.41, 5.74) is 1.02. The van der Waals surface area contributed by atoms with Gasteiger partial charge >= 0.3 is 0 Å². The molecule has 0 spiro atoms. The van der Waals surface area contributed by atoms with Gasteiger partial charge in [-0.25, -0.2) is 0 Å². The van der Waals surface area contributed by atoms with Crippen LogP contribution in [0.1, 0.15) is 23.5 Å². The Kier molecular flexibility index (Phi) is 9.93. The second-order valence-corrected chi connectivity index (χ2v) is 8.30. The van der Waals surface area contributed by atoms with Crippen LogP contribution in [0, 0.1) is 6.92 Å². The third kappa shape index (κ3) is 8.31. The molecule has 0 radical (unpaired) electrons. The average molecular weight is 458 g/mol. The number of carbonyl (C=O) groups is 2. The van der Waals surface area contributed by atoms with E-state index in [-0.39, 0.29) is 25.0 Å². The van der Waals surface area contributed by atoms with Crippen molar-refractivity contribution >= 4 is 11.8 Å². The number of benzene rings is 1. The average Bonchev–Trinajstić information content (AvgIpc) is 3.24. The Labute approximate surface area is 196 Å². The van der Waals surface area contributed by atoms with Gasteiger partial charge in [-0.1, -0.05) is 30.3 Å². The van der Waals surface area contributed by atoms with Gasteiger partial charge in [0.2, 0.25) is 11.8 Å². The molecule has 0 bridgehead atoms. The molecule has 8 nitrogen and oxygen atoms in total. The fourth-order valence-corrected chi connectivity index (χ4v) is 3.87. The molecular formula is C25H35N3O5. The summed E-state index contributed by atoms with van der Waals surface area (Å²) in [4.78, 5) is 31.7. The Bertz CT molecular complexity index is 864. The fourth-order valence-electron chi connectivity index (χ4n) is 3.87. The highest BCUT2D eigenvalue weighted by Crippen LogP contribution is 2.14. The summed E-state index contributed by atoms with van der Waals surface area (Å²) in [6.07, 6.45) is 0.790. The van der Waals surface area contributed by atoms with Gasteiger partial charge < -0.3 is 23.7 Å². The topological polar surface area (TPSA) is 75.5 Å². The van der Waals surface area contributed by atoms with Crippen LogP contribution in [0.25, 0.3) is 0 Å². The number of morpholine rings is 1. The number of furan rings is 1. The molecule has 8 heteroatoms. The summed E-state index contributed by atoms with van der Waals surface area (Å²) < 4.78 is 16.2. The second-order valence-electron chi connectivity index (χ2n) is 8.30. The first-order valence-electron chi connectivity index (χ1n) is 11.5. The molecule has 1 fully saturated rings. The summed E-state index contributed by atoms with van der Waals surface area (Å²) >= 11 is 0. The van der Waals surface area contributed by atoms with Crippen LogP contribution in [0.15, 0.2) is 46.9 Å². The lowest BCUT2D eigenvalue weighted by Crippen LogP contribution is -2.45. The first kappa shape index (κ1) is 25.0. The molecule has 1 aliphatic heterocycles. The highest BCUT2D eigenvalue weighted by Gasteiger charge is 2.23. The maximum atomic E-state index is 13.4. The fraction of sp³-hybridized carbons (Fsp3) is 0.520. The van der Waals surface area contributed by atoms with E-state index in [1.54, 1.807) is 9.80 Å². The monoisotopic (exact) mass is 457 g/mol.